The van der Waals surface area contributed by atoms with Crippen LogP contribution in [0.3, 0.4) is 0 Å². The molecule has 2 bridgehead atoms. The molecular formula is C23H26FNO3. The molecule has 2 fully saturated rings. The van der Waals surface area contributed by atoms with Crippen LogP contribution in [0.4, 0.5) is 9.18 Å². The third-order valence-electron chi connectivity index (χ3n) is 6.10. The van der Waals surface area contributed by atoms with Gasteiger partial charge >= 0.3 is 6.09 Å². The van der Waals surface area contributed by atoms with E-state index < -0.39 is 5.60 Å². The van der Waals surface area contributed by atoms with E-state index in [1.54, 1.807) is 6.07 Å². The van der Waals surface area contributed by atoms with E-state index in [0.29, 0.717) is 19.3 Å². The number of ether oxygens (including phenoxy) is 1. The van der Waals surface area contributed by atoms with Crippen molar-refractivity contribution in [3.63, 3.8) is 0 Å². The van der Waals surface area contributed by atoms with Gasteiger partial charge in [-0.2, -0.15) is 0 Å². The predicted octanol–water partition coefficient (Wildman–Crippen LogP) is 4.37. The number of rotatable bonds is 4. The largest absolute Gasteiger partial charge is 0.445 e. The molecule has 0 saturated carbocycles. The van der Waals surface area contributed by atoms with Crippen molar-refractivity contribution in [2.75, 3.05) is 0 Å². The lowest BCUT2D eigenvalue weighted by molar-refractivity contribution is -0.0486. The highest BCUT2D eigenvalue weighted by Crippen LogP contribution is 2.43. The molecule has 0 radical (unpaired) electrons. The quantitative estimate of drug-likeness (QED) is 0.853. The Morgan fingerprint density at radius 1 is 1.18 bits per heavy atom. The zero-order valence-corrected chi connectivity index (χ0v) is 16.1. The molecule has 2 aliphatic heterocycles. The standard InChI is InChI=1S/C23H26FNO3/c1-16-7-8-19(24)11-18(16)12-23(27)13-20-9-10-21(14-23)25(20)22(26)28-15-17-5-3-2-4-6-17/h2-8,11,20-21,27H,9-10,12-15H2,1H3. The molecule has 2 heterocycles. The second-order valence-corrected chi connectivity index (χ2v) is 8.21. The number of aryl methyl sites for hydroxylation is 1. The van der Waals surface area contributed by atoms with Gasteiger partial charge in [0.2, 0.25) is 0 Å². The molecule has 4 rings (SSSR count). The zero-order valence-electron chi connectivity index (χ0n) is 16.1. The Hall–Kier alpha value is -2.40. The molecule has 5 heteroatoms. The number of amides is 1. The number of piperidine rings is 1. The summed E-state index contributed by atoms with van der Waals surface area (Å²) >= 11 is 0. The summed E-state index contributed by atoms with van der Waals surface area (Å²) in [6, 6.07) is 14.3. The fourth-order valence-electron chi connectivity index (χ4n) is 4.74. The summed E-state index contributed by atoms with van der Waals surface area (Å²) in [6.45, 7) is 2.19. The van der Waals surface area contributed by atoms with Gasteiger partial charge < -0.3 is 14.7 Å². The van der Waals surface area contributed by atoms with Crippen molar-refractivity contribution < 1.29 is 19.0 Å². The molecule has 2 saturated heterocycles. The van der Waals surface area contributed by atoms with Crippen LogP contribution in [0.2, 0.25) is 0 Å². The maximum Gasteiger partial charge on any atom is 0.410 e. The average molecular weight is 383 g/mol. The molecule has 0 spiro atoms. The van der Waals surface area contributed by atoms with Gasteiger partial charge in [0.25, 0.3) is 0 Å². The highest BCUT2D eigenvalue weighted by atomic mass is 19.1. The number of aliphatic hydroxyl groups is 1. The SMILES string of the molecule is Cc1ccc(F)cc1CC1(O)CC2CCC(C1)N2C(=O)OCc1ccccc1. The smallest absolute Gasteiger partial charge is 0.410 e. The minimum Gasteiger partial charge on any atom is -0.445 e. The van der Waals surface area contributed by atoms with Gasteiger partial charge in [-0.3, -0.25) is 0 Å². The molecule has 2 aromatic carbocycles. The molecule has 2 unspecified atom stereocenters. The molecule has 148 valence electrons. The number of halogens is 1. The molecule has 1 amide bonds. The van der Waals surface area contributed by atoms with Crippen molar-refractivity contribution >= 4 is 6.09 Å². The highest BCUT2D eigenvalue weighted by molar-refractivity contribution is 5.69. The molecule has 28 heavy (non-hydrogen) atoms. The van der Waals surface area contributed by atoms with Gasteiger partial charge in [-0.15, -0.1) is 0 Å². The van der Waals surface area contributed by atoms with Crippen LogP contribution >= 0.6 is 0 Å². The molecule has 1 N–H and O–H groups in total. The third kappa shape index (κ3) is 3.90. The van der Waals surface area contributed by atoms with E-state index in [4.69, 9.17) is 4.74 Å². The fourth-order valence-corrected chi connectivity index (χ4v) is 4.74. The van der Waals surface area contributed by atoms with Crippen LogP contribution in [-0.2, 0) is 17.8 Å². The van der Waals surface area contributed by atoms with Crippen molar-refractivity contribution in [3.05, 3.63) is 71.0 Å². The Kier molecular flexibility index (Phi) is 5.11. The van der Waals surface area contributed by atoms with Crippen molar-refractivity contribution in [1.82, 2.24) is 4.90 Å². The van der Waals surface area contributed by atoms with E-state index in [1.807, 2.05) is 42.2 Å². The van der Waals surface area contributed by atoms with Crippen LogP contribution in [0.15, 0.2) is 48.5 Å². The Bertz CT molecular complexity index is 840. The number of fused-ring (bicyclic) bond motifs is 2. The van der Waals surface area contributed by atoms with Crippen LogP contribution in [0.5, 0.6) is 0 Å². The summed E-state index contributed by atoms with van der Waals surface area (Å²) in [5, 5.41) is 11.2. The molecule has 2 aliphatic rings. The summed E-state index contributed by atoms with van der Waals surface area (Å²) < 4.78 is 19.2. The van der Waals surface area contributed by atoms with Gasteiger partial charge in [-0.05, 0) is 61.4 Å². The molecule has 2 aromatic rings. The average Bonchev–Trinajstić information content (AvgIpc) is 2.96. The van der Waals surface area contributed by atoms with Crippen molar-refractivity contribution in [2.45, 2.75) is 63.3 Å². The number of hydrogen-bond donors (Lipinski definition) is 1. The highest BCUT2D eigenvalue weighted by Gasteiger charge is 2.50. The first kappa shape index (κ1) is 18.9. The number of hydrogen-bond acceptors (Lipinski definition) is 3. The molecule has 2 atom stereocenters. The first-order valence-corrected chi connectivity index (χ1v) is 9.90. The lowest BCUT2D eigenvalue weighted by Gasteiger charge is -2.43. The maximum absolute atomic E-state index is 13.6. The summed E-state index contributed by atoms with van der Waals surface area (Å²) in [4.78, 5) is 14.5. The first-order chi connectivity index (χ1) is 13.4. The maximum atomic E-state index is 13.6. The normalized spacial score (nSPS) is 26.3. The summed E-state index contributed by atoms with van der Waals surface area (Å²) in [6.07, 6.45) is 2.85. The lowest BCUT2D eigenvalue weighted by atomic mass is 9.80. The summed E-state index contributed by atoms with van der Waals surface area (Å²) in [7, 11) is 0. The second kappa shape index (κ2) is 7.55. The molecule has 4 nitrogen and oxygen atoms in total. The molecular weight excluding hydrogens is 357 g/mol. The lowest BCUT2D eigenvalue weighted by Crippen LogP contribution is -2.54. The van der Waals surface area contributed by atoms with Gasteiger partial charge in [0.1, 0.15) is 12.4 Å². The van der Waals surface area contributed by atoms with Crippen molar-refractivity contribution in [1.29, 1.82) is 0 Å². The Labute approximate surface area is 164 Å². The number of carbonyl (C=O) groups is 1. The van der Waals surface area contributed by atoms with Gasteiger partial charge in [0.05, 0.1) is 5.60 Å². The first-order valence-electron chi connectivity index (χ1n) is 9.90. The van der Waals surface area contributed by atoms with Crippen LogP contribution < -0.4 is 0 Å². The van der Waals surface area contributed by atoms with Crippen LogP contribution in [0.1, 0.15) is 42.4 Å². The predicted molar refractivity (Wildman–Crippen MR) is 104 cm³/mol. The van der Waals surface area contributed by atoms with E-state index in [9.17, 15) is 14.3 Å². The van der Waals surface area contributed by atoms with Crippen molar-refractivity contribution in [2.24, 2.45) is 0 Å². The van der Waals surface area contributed by atoms with Gasteiger partial charge in [-0.1, -0.05) is 36.4 Å². The minimum atomic E-state index is -0.916. The fraction of sp³-hybridized carbons (Fsp3) is 0.435. The second-order valence-electron chi connectivity index (χ2n) is 8.21. The van der Waals surface area contributed by atoms with Crippen molar-refractivity contribution in [3.8, 4) is 0 Å². The van der Waals surface area contributed by atoms with Gasteiger partial charge in [-0.25, -0.2) is 9.18 Å². The summed E-state index contributed by atoms with van der Waals surface area (Å²) in [5.74, 6) is -0.283. The Morgan fingerprint density at radius 2 is 1.86 bits per heavy atom. The van der Waals surface area contributed by atoms with Gasteiger partial charge in [0, 0.05) is 18.5 Å². The van der Waals surface area contributed by atoms with E-state index in [1.165, 1.54) is 12.1 Å². The van der Waals surface area contributed by atoms with E-state index in [2.05, 4.69) is 0 Å². The zero-order chi connectivity index (χ0) is 19.7. The minimum absolute atomic E-state index is 0.0270. The number of nitrogens with zero attached hydrogens (tertiary/aromatic N) is 1. The number of benzene rings is 2. The van der Waals surface area contributed by atoms with Crippen LogP contribution in [0, 0.1) is 12.7 Å². The topological polar surface area (TPSA) is 49.8 Å². The number of carbonyl (C=O) groups excluding carboxylic acids is 1. The molecule has 0 aliphatic carbocycles. The summed E-state index contributed by atoms with van der Waals surface area (Å²) in [5.41, 5.74) is 1.85. The Balaban J connectivity index is 1.42. The van der Waals surface area contributed by atoms with Crippen LogP contribution in [-0.4, -0.2) is 33.8 Å². The monoisotopic (exact) mass is 383 g/mol. The van der Waals surface area contributed by atoms with E-state index in [-0.39, 0.29) is 30.6 Å². The molecule has 0 aromatic heterocycles. The van der Waals surface area contributed by atoms with E-state index >= 15 is 0 Å². The Morgan fingerprint density at radius 3 is 2.54 bits per heavy atom. The van der Waals surface area contributed by atoms with Crippen LogP contribution in [0.25, 0.3) is 0 Å². The third-order valence-corrected chi connectivity index (χ3v) is 6.10. The van der Waals surface area contributed by atoms with Gasteiger partial charge in [0.15, 0.2) is 0 Å². The van der Waals surface area contributed by atoms with E-state index in [0.717, 1.165) is 29.5 Å².